The molecule has 0 spiro atoms. The molecule has 2 N–H and O–H groups in total. The Morgan fingerprint density at radius 3 is 2.43 bits per heavy atom. The van der Waals surface area contributed by atoms with Crippen LogP contribution in [0.4, 0.5) is 24.5 Å². The van der Waals surface area contributed by atoms with E-state index in [1.165, 1.54) is 6.07 Å². The second-order valence-corrected chi connectivity index (χ2v) is 6.41. The number of hydrogen-bond acceptors (Lipinski definition) is 6. The number of nitro groups is 1. The first kappa shape index (κ1) is 18.7. The molecule has 1 aromatic carbocycles. The summed E-state index contributed by atoms with van der Waals surface area (Å²) < 4.78 is 58.9. The van der Waals surface area contributed by atoms with Gasteiger partial charge in [-0.05, 0) is 12.1 Å². The minimum absolute atomic E-state index is 0.292. The molecular weight excluding hydrogens is 343 g/mol. The minimum atomic E-state index is -4.59. The molecule has 0 saturated carbocycles. The standard InChI is InChI=1S/C11H12F3N3O5S/c1-23(21,22)8-4-2-3-7(10(8)17(19)20)15-5-9(18)16-6-11(12,13)14/h2-4,15H,5-6H2,1H3,(H,16,18). The lowest BCUT2D eigenvalue weighted by molar-refractivity contribution is -0.386. The molecule has 0 fully saturated rings. The molecule has 12 heteroatoms. The van der Waals surface area contributed by atoms with E-state index in [0.29, 0.717) is 0 Å². The molecule has 1 aromatic rings. The number of alkyl halides is 3. The number of benzene rings is 1. The highest BCUT2D eigenvalue weighted by Gasteiger charge is 2.28. The van der Waals surface area contributed by atoms with Gasteiger partial charge < -0.3 is 10.6 Å². The second kappa shape index (κ2) is 6.81. The second-order valence-electron chi connectivity index (χ2n) is 4.43. The van der Waals surface area contributed by atoms with Gasteiger partial charge in [0.15, 0.2) is 9.84 Å². The zero-order valence-electron chi connectivity index (χ0n) is 11.7. The van der Waals surface area contributed by atoms with E-state index in [2.05, 4.69) is 5.32 Å². The Balaban J connectivity index is 2.94. The summed E-state index contributed by atoms with van der Waals surface area (Å²) in [4.78, 5) is 20.8. The molecule has 0 unspecified atom stereocenters. The molecule has 0 radical (unpaired) electrons. The van der Waals surface area contributed by atoms with Crippen molar-refractivity contribution in [1.29, 1.82) is 0 Å². The lowest BCUT2D eigenvalue weighted by atomic mass is 10.2. The Labute approximate surface area is 128 Å². The third-order valence-corrected chi connectivity index (χ3v) is 3.63. The smallest absolute Gasteiger partial charge is 0.371 e. The molecule has 1 amide bonds. The molecule has 0 bridgehead atoms. The summed E-state index contributed by atoms with van der Waals surface area (Å²) in [5, 5.41) is 14.9. The average molecular weight is 355 g/mol. The number of halogens is 3. The van der Waals surface area contributed by atoms with Crippen LogP contribution in [0, 0.1) is 10.1 Å². The van der Waals surface area contributed by atoms with Crippen molar-refractivity contribution in [3.8, 4) is 0 Å². The lowest BCUT2D eigenvalue weighted by Gasteiger charge is -2.11. The van der Waals surface area contributed by atoms with Crippen LogP contribution in [0.15, 0.2) is 23.1 Å². The Bertz CT molecular complexity index is 718. The SMILES string of the molecule is CS(=O)(=O)c1cccc(NCC(=O)NCC(F)(F)F)c1[N+](=O)[O-]. The number of nitro benzene ring substituents is 1. The van der Waals surface area contributed by atoms with Crippen molar-refractivity contribution in [2.24, 2.45) is 0 Å². The van der Waals surface area contributed by atoms with Crippen LogP contribution in [0.2, 0.25) is 0 Å². The molecule has 0 aliphatic heterocycles. The first-order valence-electron chi connectivity index (χ1n) is 5.96. The lowest BCUT2D eigenvalue weighted by Crippen LogP contribution is -2.37. The summed E-state index contributed by atoms with van der Waals surface area (Å²) in [7, 11) is -3.90. The van der Waals surface area contributed by atoms with E-state index >= 15 is 0 Å². The number of rotatable bonds is 6. The fraction of sp³-hybridized carbons (Fsp3) is 0.364. The maximum absolute atomic E-state index is 11.9. The van der Waals surface area contributed by atoms with Crippen molar-refractivity contribution < 1.29 is 31.3 Å². The van der Waals surface area contributed by atoms with Crippen LogP contribution in [0.5, 0.6) is 0 Å². The van der Waals surface area contributed by atoms with Gasteiger partial charge in [0.05, 0.1) is 11.5 Å². The maximum Gasteiger partial charge on any atom is 0.405 e. The number of nitrogens with one attached hydrogen (secondary N) is 2. The molecular formula is C11H12F3N3O5S. The number of amides is 1. The fourth-order valence-electron chi connectivity index (χ4n) is 1.59. The first-order valence-corrected chi connectivity index (χ1v) is 7.86. The van der Waals surface area contributed by atoms with Gasteiger partial charge in [-0.1, -0.05) is 6.07 Å². The number of carbonyl (C=O) groups excluding carboxylic acids is 1. The summed E-state index contributed by atoms with van der Waals surface area (Å²) in [5.74, 6) is -1.05. The van der Waals surface area contributed by atoms with Crippen LogP contribution >= 0.6 is 0 Å². The van der Waals surface area contributed by atoms with Crippen molar-refractivity contribution >= 4 is 27.1 Å². The summed E-state index contributed by atoms with van der Waals surface area (Å²) in [5.41, 5.74) is -1.07. The van der Waals surface area contributed by atoms with Crippen LogP contribution in [0.3, 0.4) is 0 Å². The van der Waals surface area contributed by atoms with Crippen LogP contribution in [0.25, 0.3) is 0 Å². The molecule has 0 heterocycles. The molecule has 0 aromatic heterocycles. The van der Waals surface area contributed by atoms with Gasteiger partial charge in [0.1, 0.15) is 17.1 Å². The Hall–Kier alpha value is -2.37. The fourth-order valence-corrected chi connectivity index (χ4v) is 2.45. The third-order valence-electron chi connectivity index (χ3n) is 2.51. The van der Waals surface area contributed by atoms with Gasteiger partial charge in [-0.3, -0.25) is 14.9 Å². The predicted octanol–water partition coefficient (Wildman–Crippen LogP) is 1.09. The Morgan fingerprint density at radius 1 is 1.35 bits per heavy atom. The molecule has 0 atom stereocenters. The topological polar surface area (TPSA) is 118 Å². The number of carbonyl (C=O) groups is 1. The van der Waals surface area contributed by atoms with E-state index in [1.807, 2.05) is 0 Å². The summed E-state index contributed by atoms with van der Waals surface area (Å²) >= 11 is 0. The summed E-state index contributed by atoms with van der Waals surface area (Å²) in [6.45, 7) is -2.23. The zero-order valence-corrected chi connectivity index (χ0v) is 12.5. The maximum atomic E-state index is 11.9. The van der Waals surface area contributed by atoms with E-state index in [4.69, 9.17) is 0 Å². The van der Waals surface area contributed by atoms with Gasteiger partial charge in [0.2, 0.25) is 5.91 Å². The average Bonchev–Trinajstić information content (AvgIpc) is 2.40. The van der Waals surface area contributed by atoms with Gasteiger partial charge in [-0.2, -0.15) is 13.2 Å². The van der Waals surface area contributed by atoms with Crippen LogP contribution < -0.4 is 10.6 Å². The van der Waals surface area contributed by atoms with Crippen LogP contribution in [0.1, 0.15) is 0 Å². The van der Waals surface area contributed by atoms with Crippen molar-refractivity contribution in [2.75, 3.05) is 24.7 Å². The number of anilines is 1. The Kier molecular flexibility index (Phi) is 5.53. The summed E-state index contributed by atoms with van der Waals surface area (Å²) in [6, 6.07) is 3.37. The molecule has 0 aliphatic carbocycles. The number of hydrogen-bond donors (Lipinski definition) is 2. The monoisotopic (exact) mass is 355 g/mol. The van der Waals surface area contributed by atoms with Gasteiger partial charge in [-0.25, -0.2) is 8.42 Å². The van der Waals surface area contributed by atoms with E-state index in [1.54, 1.807) is 5.32 Å². The van der Waals surface area contributed by atoms with Crippen LogP contribution in [-0.4, -0.2) is 44.8 Å². The largest absolute Gasteiger partial charge is 0.405 e. The van der Waals surface area contributed by atoms with Crippen molar-refractivity contribution in [2.45, 2.75) is 11.1 Å². The predicted molar refractivity (Wildman–Crippen MR) is 73.8 cm³/mol. The number of sulfone groups is 1. The van der Waals surface area contributed by atoms with Crippen molar-refractivity contribution in [3.05, 3.63) is 28.3 Å². The molecule has 23 heavy (non-hydrogen) atoms. The highest BCUT2D eigenvalue weighted by Crippen LogP contribution is 2.31. The van der Waals surface area contributed by atoms with E-state index in [9.17, 15) is 36.5 Å². The van der Waals surface area contributed by atoms with Gasteiger partial charge in [-0.15, -0.1) is 0 Å². The van der Waals surface area contributed by atoms with E-state index in [0.717, 1.165) is 18.4 Å². The first-order chi connectivity index (χ1) is 10.4. The highest BCUT2D eigenvalue weighted by molar-refractivity contribution is 7.90. The zero-order chi connectivity index (χ0) is 17.8. The quantitative estimate of drug-likeness (QED) is 0.582. The van der Waals surface area contributed by atoms with E-state index in [-0.39, 0.29) is 5.69 Å². The Morgan fingerprint density at radius 2 is 1.96 bits per heavy atom. The molecule has 8 nitrogen and oxygen atoms in total. The molecule has 0 aliphatic rings. The molecule has 1 rings (SSSR count). The summed E-state index contributed by atoms with van der Waals surface area (Å²) in [6.07, 6.45) is -3.81. The van der Waals surface area contributed by atoms with Crippen molar-refractivity contribution in [3.63, 3.8) is 0 Å². The van der Waals surface area contributed by atoms with Gasteiger partial charge in [0, 0.05) is 6.26 Å². The van der Waals surface area contributed by atoms with Gasteiger partial charge in [0.25, 0.3) is 0 Å². The minimum Gasteiger partial charge on any atom is -0.371 e. The normalized spacial score (nSPS) is 11.8. The third kappa shape index (κ3) is 5.73. The highest BCUT2D eigenvalue weighted by atomic mass is 32.2. The molecule has 128 valence electrons. The number of nitrogens with zero attached hydrogens (tertiary/aromatic N) is 1. The van der Waals surface area contributed by atoms with Gasteiger partial charge >= 0.3 is 11.9 Å². The molecule has 0 saturated heterocycles. The van der Waals surface area contributed by atoms with Crippen LogP contribution in [-0.2, 0) is 14.6 Å². The van der Waals surface area contributed by atoms with E-state index < -0.39 is 50.5 Å². The van der Waals surface area contributed by atoms with Crippen molar-refractivity contribution in [1.82, 2.24) is 5.32 Å². The number of para-hydroxylation sites is 1.